The van der Waals surface area contributed by atoms with Gasteiger partial charge in [-0.15, -0.1) is 0 Å². The molecular weight excluding hydrogens is 208 g/mol. The van der Waals surface area contributed by atoms with Crippen LogP contribution in [0.25, 0.3) is 0 Å². The van der Waals surface area contributed by atoms with Crippen LogP contribution in [0.2, 0.25) is 39.3 Å². The molecule has 2 nitrogen and oxygen atoms in total. The lowest BCUT2D eigenvalue weighted by atomic mass is 10.4. The van der Waals surface area contributed by atoms with E-state index in [1.807, 2.05) is 26.6 Å². The zero-order valence-electron chi connectivity index (χ0n) is 10.4. The lowest BCUT2D eigenvalue weighted by molar-refractivity contribution is -0.130. The molecule has 0 atom stereocenters. The molecule has 0 aromatic rings. The van der Waals surface area contributed by atoms with Crippen molar-refractivity contribution in [2.24, 2.45) is 0 Å². The van der Waals surface area contributed by atoms with Gasteiger partial charge in [-0.3, -0.25) is 0 Å². The van der Waals surface area contributed by atoms with Crippen LogP contribution >= 0.6 is 0 Å². The van der Waals surface area contributed by atoms with Crippen LogP contribution in [0.15, 0.2) is 11.3 Å². The molecule has 0 fully saturated rings. The van der Waals surface area contributed by atoms with Gasteiger partial charge >= 0.3 is 5.97 Å². The van der Waals surface area contributed by atoms with Crippen LogP contribution in [-0.4, -0.2) is 22.4 Å². The highest BCUT2D eigenvalue weighted by Crippen LogP contribution is 2.11. The molecule has 0 rings (SSSR count). The lowest BCUT2D eigenvalue weighted by Crippen LogP contribution is -2.30. The van der Waals surface area contributed by atoms with E-state index in [0.29, 0.717) is 0 Å². The normalized spacial score (nSPS) is 14.1. The first-order valence-electron chi connectivity index (χ1n) is 4.94. The van der Waals surface area contributed by atoms with Crippen molar-refractivity contribution in [1.82, 2.24) is 0 Å². The number of carbonyl (C=O) groups is 1. The summed E-state index contributed by atoms with van der Waals surface area (Å²) in [7, 11) is -3.04. The molecule has 0 radical (unpaired) electrons. The largest absolute Gasteiger partial charge is 0.517 e. The minimum absolute atomic E-state index is 0.133. The van der Waals surface area contributed by atoms with Crippen molar-refractivity contribution in [2.75, 3.05) is 0 Å². The van der Waals surface area contributed by atoms with Crippen LogP contribution in [-0.2, 0) is 9.22 Å². The first-order valence-corrected chi connectivity index (χ1v) is 11.9. The van der Waals surface area contributed by atoms with E-state index < -0.39 is 16.4 Å². The smallest absolute Gasteiger partial charge is 0.319 e. The molecule has 0 unspecified atom stereocenters. The van der Waals surface area contributed by atoms with Crippen molar-refractivity contribution in [3.8, 4) is 0 Å². The average molecular weight is 230 g/mol. The summed E-state index contributed by atoms with van der Waals surface area (Å²) in [5.74, 6) is -0.133. The minimum Gasteiger partial charge on any atom is -0.517 e. The summed E-state index contributed by atoms with van der Waals surface area (Å²) < 4.78 is 5.40. The second-order valence-corrected chi connectivity index (χ2v) is 15.1. The second-order valence-electron chi connectivity index (χ2n) is 5.70. The monoisotopic (exact) mass is 230 g/mol. The van der Waals surface area contributed by atoms with Gasteiger partial charge in [-0.1, -0.05) is 25.3 Å². The van der Waals surface area contributed by atoms with E-state index in [9.17, 15) is 4.79 Å². The summed E-state index contributed by atoms with van der Waals surface area (Å²) in [6.07, 6.45) is 0. The van der Waals surface area contributed by atoms with Crippen LogP contribution < -0.4 is 0 Å². The summed E-state index contributed by atoms with van der Waals surface area (Å²) in [5.41, 5.74) is 2.86. The summed E-state index contributed by atoms with van der Waals surface area (Å²) in [4.78, 5) is 11.6. The van der Waals surface area contributed by atoms with Gasteiger partial charge in [0.25, 0.3) is 0 Å². The fourth-order valence-corrected chi connectivity index (χ4v) is 3.20. The zero-order valence-corrected chi connectivity index (χ0v) is 12.4. The average Bonchev–Trinajstić information content (AvgIpc) is 1.78. The first kappa shape index (κ1) is 13.6. The lowest BCUT2D eigenvalue weighted by Gasteiger charge is -2.19. The van der Waals surface area contributed by atoms with Gasteiger partial charge in [-0.05, 0) is 26.6 Å². The summed E-state index contributed by atoms with van der Waals surface area (Å²) in [6.45, 7) is 14.5. The fourth-order valence-electron chi connectivity index (χ4n) is 1.07. The highest BCUT2D eigenvalue weighted by atomic mass is 28.4. The molecule has 0 aromatic heterocycles. The van der Waals surface area contributed by atoms with Gasteiger partial charge in [0.15, 0.2) is 0 Å². The van der Waals surface area contributed by atoms with E-state index in [1.54, 1.807) is 0 Å². The number of hydrogen-bond donors (Lipinski definition) is 0. The van der Waals surface area contributed by atoms with Crippen LogP contribution in [0.1, 0.15) is 6.92 Å². The van der Waals surface area contributed by atoms with Gasteiger partial charge in [-0.2, -0.15) is 0 Å². The second kappa shape index (κ2) is 4.44. The highest BCUT2D eigenvalue weighted by Gasteiger charge is 2.21. The summed E-state index contributed by atoms with van der Waals surface area (Å²) >= 11 is 0. The van der Waals surface area contributed by atoms with Crippen molar-refractivity contribution in [1.29, 1.82) is 0 Å². The standard InChI is InChI=1S/C10H22O2Si2/c1-9(8-13(2,3)4)10(11)12-14(5,6)7/h8H,1-7H3. The summed E-state index contributed by atoms with van der Waals surface area (Å²) in [6, 6.07) is 0. The minimum atomic E-state index is -1.73. The number of hydrogen-bond acceptors (Lipinski definition) is 2. The molecule has 0 saturated carbocycles. The Morgan fingerprint density at radius 1 is 1.07 bits per heavy atom. The zero-order chi connectivity index (χ0) is 11.6. The van der Waals surface area contributed by atoms with Gasteiger partial charge in [-0.25, -0.2) is 4.79 Å². The van der Waals surface area contributed by atoms with E-state index >= 15 is 0 Å². The Morgan fingerprint density at radius 3 is 1.79 bits per heavy atom. The third-order valence-electron chi connectivity index (χ3n) is 1.37. The molecule has 4 heteroatoms. The Hall–Kier alpha value is -0.356. The maximum Gasteiger partial charge on any atom is 0.319 e. The highest BCUT2D eigenvalue weighted by molar-refractivity contribution is 6.81. The van der Waals surface area contributed by atoms with Gasteiger partial charge < -0.3 is 4.43 Å². The predicted molar refractivity (Wildman–Crippen MR) is 66.5 cm³/mol. The topological polar surface area (TPSA) is 26.3 Å². The Bertz CT molecular complexity index is 244. The first-order chi connectivity index (χ1) is 6.01. The number of carbonyl (C=O) groups excluding carboxylic acids is 1. The quantitative estimate of drug-likeness (QED) is 0.550. The third kappa shape index (κ3) is 7.09. The van der Waals surface area contributed by atoms with Gasteiger partial charge in [0.05, 0.1) is 8.07 Å². The van der Waals surface area contributed by atoms with Gasteiger partial charge in [0, 0.05) is 5.57 Å². The van der Waals surface area contributed by atoms with Crippen molar-refractivity contribution in [2.45, 2.75) is 46.2 Å². The van der Waals surface area contributed by atoms with E-state index in [1.165, 1.54) is 0 Å². The van der Waals surface area contributed by atoms with E-state index in [0.717, 1.165) is 5.57 Å². The van der Waals surface area contributed by atoms with Crippen molar-refractivity contribution in [3.63, 3.8) is 0 Å². The molecule has 0 spiro atoms. The molecule has 14 heavy (non-hydrogen) atoms. The van der Waals surface area contributed by atoms with Crippen molar-refractivity contribution < 1.29 is 9.22 Å². The van der Waals surface area contributed by atoms with Crippen LogP contribution in [0, 0.1) is 0 Å². The molecule has 0 saturated heterocycles. The molecule has 0 N–H and O–H groups in total. The third-order valence-corrected chi connectivity index (χ3v) is 3.47. The van der Waals surface area contributed by atoms with E-state index in [2.05, 4.69) is 25.3 Å². The molecule has 0 aliphatic rings. The Balaban J connectivity index is 4.50. The molecule has 0 aromatic carbocycles. The maximum atomic E-state index is 11.6. The van der Waals surface area contributed by atoms with Gasteiger partial charge in [0.1, 0.15) is 0 Å². The molecule has 82 valence electrons. The van der Waals surface area contributed by atoms with E-state index in [-0.39, 0.29) is 5.97 Å². The maximum absolute atomic E-state index is 11.6. The Labute approximate surface area is 89.5 Å². The van der Waals surface area contributed by atoms with Crippen LogP contribution in [0.5, 0.6) is 0 Å². The SMILES string of the molecule is CC(=C[Si](C)(C)C)C(=O)O[Si](C)(C)C. The van der Waals surface area contributed by atoms with Crippen LogP contribution in [0.3, 0.4) is 0 Å². The van der Waals surface area contributed by atoms with Gasteiger partial charge in [0.2, 0.25) is 8.32 Å². The Kier molecular flexibility index (Phi) is 4.33. The molecule has 0 aliphatic carbocycles. The Morgan fingerprint density at radius 2 is 1.50 bits per heavy atom. The molecule has 0 aliphatic heterocycles. The fraction of sp³-hybridized carbons (Fsp3) is 0.700. The van der Waals surface area contributed by atoms with E-state index in [4.69, 9.17) is 4.43 Å². The number of rotatable bonds is 3. The molecule has 0 amide bonds. The molecular formula is C10H22O2Si2. The van der Waals surface area contributed by atoms with Crippen LogP contribution in [0.4, 0.5) is 0 Å². The van der Waals surface area contributed by atoms with Crippen molar-refractivity contribution >= 4 is 22.4 Å². The molecule has 0 heterocycles. The summed E-state index contributed by atoms with van der Waals surface area (Å²) in [5, 5.41) is 0. The molecule has 0 bridgehead atoms. The predicted octanol–water partition coefficient (Wildman–Crippen LogP) is 3.19. The van der Waals surface area contributed by atoms with Crippen molar-refractivity contribution in [3.05, 3.63) is 11.3 Å².